The molecule has 34 heavy (non-hydrogen) atoms. The van der Waals surface area contributed by atoms with Gasteiger partial charge in [-0.15, -0.1) is 0 Å². The smallest absolute Gasteiger partial charge is 0.416 e. The number of imide groups is 1. The van der Waals surface area contributed by atoms with Crippen molar-refractivity contribution in [2.45, 2.75) is 18.0 Å². The van der Waals surface area contributed by atoms with Gasteiger partial charge in [0.1, 0.15) is 16.4 Å². The molecule has 3 aromatic carbocycles. The Morgan fingerprint density at radius 1 is 0.912 bits per heavy atom. The van der Waals surface area contributed by atoms with Gasteiger partial charge in [-0.1, -0.05) is 48.2 Å². The number of amides is 2. The summed E-state index contributed by atoms with van der Waals surface area (Å²) >= 11 is 1.06. The third kappa shape index (κ3) is 4.79. The van der Waals surface area contributed by atoms with Crippen molar-refractivity contribution < 1.29 is 27.5 Å². The Morgan fingerprint density at radius 2 is 1.62 bits per heavy atom. The van der Waals surface area contributed by atoms with Gasteiger partial charge >= 0.3 is 6.18 Å². The number of para-hydroxylation sites is 2. The van der Waals surface area contributed by atoms with Crippen molar-refractivity contribution >= 4 is 35.0 Å². The number of anilines is 2. The number of alkyl halides is 3. The van der Waals surface area contributed by atoms with Gasteiger partial charge < -0.3 is 10.1 Å². The van der Waals surface area contributed by atoms with Crippen LogP contribution < -0.4 is 15.0 Å². The predicted octanol–water partition coefficient (Wildman–Crippen LogP) is 6.09. The van der Waals surface area contributed by atoms with E-state index in [-0.39, 0.29) is 16.3 Å². The lowest BCUT2D eigenvalue weighted by Crippen LogP contribution is -2.32. The van der Waals surface area contributed by atoms with E-state index in [9.17, 15) is 22.8 Å². The zero-order chi connectivity index (χ0) is 24.3. The van der Waals surface area contributed by atoms with E-state index < -0.39 is 23.6 Å². The third-order valence-corrected chi connectivity index (χ3v) is 5.97. The highest BCUT2D eigenvalue weighted by molar-refractivity contribution is 8.04. The first kappa shape index (κ1) is 23.4. The van der Waals surface area contributed by atoms with Crippen molar-refractivity contribution in [1.29, 1.82) is 0 Å². The summed E-state index contributed by atoms with van der Waals surface area (Å²) in [6.07, 6.45) is -4.62. The minimum absolute atomic E-state index is 0.0385. The summed E-state index contributed by atoms with van der Waals surface area (Å²) in [7, 11) is 0. The highest BCUT2D eigenvalue weighted by Crippen LogP contribution is 2.40. The van der Waals surface area contributed by atoms with Crippen LogP contribution in [0.2, 0.25) is 0 Å². The van der Waals surface area contributed by atoms with Crippen molar-refractivity contribution in [2.24, 2.45) is 0 Å². The number of thioether (sulfide) groups is 1. The quantitative estimate of drug-likeness (QED) is 0.411. The Labute approximate surface area is 198 Å². The molecule has 9 heteroatoms. The first-order valence-electron chi connectivity index (χ1n) is 10.3. The van der Waals surface area contributed by atoms with Crippen molar-refractivity contribution in [3.8, 4) is 5.75 Å². The first-order valence-corrected chi connectivity index (χ1v) is 11.1. The number of hydrogen-bond donors (Lipinski definition) is 1. The average molecular weight is 484 g/mol. The highest BCUT2D eigenvalue weighted by Gasteiger charge is 2.41. The van der Waals surface area contributed by atoms with Crippen molar-refractivity contribution in [2.75, 3.05) is 16.8 Å². The largest absolute Gasteiger partial charge is 0.492 e. The SMILES string of the molecule is CCOc1ccccc1NC1=C(Sc2ccccc2)C(=O)N(c2cccc(C(F)(F)F)c2)C1=O. The molecule has 0 bridgehead atoms. The molecule has 0 atom stereocenters. The second kappa shape index (κ2) is 9.64. The van der Waals surface area contributed by atoms with Crippen LogP contribution in [0.15, 0.2) is 94.4 Å². The number of nitrogens with zero attached hydrogens (tertiary/aromatic N) is 1. The Balaban J connectivity index is 1.77. The molecule has 0 unspecified atom stereocenters. The molecule has 1 heterocycles. The number of carbonyl (C=O) groups excluding carboxylic acids is 2. The van der Waals surface area contributed by atoms with Gasteiger partial charge in [0.2, 0.25) is 0 Å². The van der Waals surface area contributed by atoms with Gasteiger partial charge in [-0.3, -0.25) is 9.59 Å². The molecule has 0 radical (unpaired) electrons. The molecule has 3 aromatic rings. The Bertz CT molecular complexity index is 1260. The number of halogens is 3. The third-order valence-electron chi connectivity index (χ3n) is 4.88. The monoisotopic (exact) mass is 484 g/mol. The normalized spacial score (nSPS) is 14.1. The van der Waals surface area contributed by atoms with Gasteiger partial charge in [0.25, 0.3) is 11.8 Å². The van der Waals surface area contributed by atoms with Gasteiger partial charge in [-0.25, -0.2) is 4.90 Å². The fourth-order valence-corrected chi connectivity index (χ4v) is 4.31. The van der Waals surface area contributed by atoms with E-state index in [1.54, 1.807) is 48.5 Å². The van der Waals surface area contributed by atoms with Gasteiger partial charge in [0, 0.05) is 4.90 Å². The van der Waals surface area contributed by atoms with E-state index >= 15 is 0 Å². The molecule has 0 fully saturated rings. The van der Waals surface area contributed by atoms with Crippen LogP contribution in [0.3, 0.4) is 0 Å². The minimum atomic E-state index is -4.62. The Hall–Kier alpha value is -3.72. The van der Waals surface area contributed by atoms with Gasteiger partial charge in [-0.05, 0) is 49.4 Å². The zero-order valence-corrected chi connectivity index (χ0v) is 18.7. The van der Waals surface area contributed by atoms with Crippen LogP contribution in [-0.2, 0) is 15.8 Å². The van der Waals surface area contributed by atoms with E-state index in [2.05, 4.69) is 5.32 Å². The van der Waals surface area contributed by atoms with Crippen LogP contribution in [0.4, 0.5) is 24.5 Å². The van der Waals surface area contributed by atoms with Gasteiger partial charge in [0.15, 0.2) is 0 Å². The Kier molecular flexibility index (Phi) is 6.65. The summed E-state index contributed by atoms with van der Waals surface area (Å²) in [5, 5.41) is 2.99. The molecule has 5 nitrogen and oxygen atoms in total. The van der Waals surface area contributed by atoms with Gasteiger partial charge in [-0.2, -0.15) is 13.2 Å². The molecule has 4 rings (SSSR count). The van der Waals surface area contributed by atoms with Crippen LogP contribution in [0.25, 0.3) is 0 Å². The van der Waals surface area contributed by atoms with E-state index in [1.165, 1.54) is 12.1 Å². The van der Waals surface area contributed by atoms with Crippen molar-refractivity contribution in [1.82, 2.24) is 0 Å². The molecule has 0 saturated heterocycles. The average Bonchev–Trinajstić information content (AvgIpc) is 3.04. The summed E-state index contributed by atoms with van der Waals surface area (Å²) in [6.45, 7) is 2.19. The number of nitrogens with one attached hydrogen (secondary N) is 1. The fourth-order valence-electron chi connectivity index (χ4n) is 3.36. The molecule has 0 aromatic heterocycles. The number of rotatable bonds is 7. The second-order valence-electron chi connectivity index (χ2n) is 7.17. The lowest BCUT2D eigenvalue weighted by molar-refractivity contribution is -0.137. The lowest BCUT2D eigenvalue weighted by atomic mass is 10.2. The molecule has 0 saturated carbocycles. The van der Waals surface area contributed by atoms with Gasteiger partial charge in [0.05, 0.1) is 23.5 Å². The number of benzene rings is 3. The molecule has 174 valence electrons. The molecular formula is C25H19F3N2O3S. The second-order valence-corrected chi connectivity index (χ2v) is 8.25. The molecule has 2 amide bonds. The standard InChI is InChI=1S/C25H19F3N2O3S/c1-2-33-20-14-7-6-13-19(20)29-21-22(34-18-11-4-3-5-12-18)24(32)30(23(21)31)17-10-8-9-16(15-17)25(26,27)28/h3-15,29H,2H2,1H3. The number of carbonyl (C=O) groups is 2. The number of hydrogen-bond acceptors (Lipinski definition) is 5. The Morgan fingerprint density at radius 3 is 2.32 bits per heavy atom. The molecule has 1 N–H and O–H groups in total. The number of ether oxygens (including phenoxy) is 1. The molecule has 1 aliphatic heterocycles. The maximum Gasteiger partial charge on any atom is 0.416 e. The highest BCUT2D eigenvalue weighted by atomic mass is 32.2. The molecular weight excluding hydrogens is 465 g/mol. The van der Waals surface area contributed by atoms with Crippen LogP contribution in [0, 0.1) is 0 Å². The predicted molar refractivity (Wildman–Crippen MR) is 124 cm³/mol. The summed E-state index contributed by atoms with van der Waals surface area (Å²) in [6, 6.07) is 20.0. The molecule has 1 aliphatic rings. The molecule has 0 spiro atoms. The summed E-state index contributed by atoms with van der Waals surface area (Å²) in [5.41, 5.74) is -0.696. The first-order chi connectivity index (χ1) is 16.3. The van der Waals surface area contributed by atoms with E-state index in [4.69, 9.17) is 4.74 Å². The lowest BCUT2D eigenvalue weighted by Gasteiger charge is -2.17. The zero-order valence-electron chi connectivity index (χ0n) is 17.9. The minimum Gasteiger partial charge on any atom is -0.492 e. The van der Waals surface area contributed by atoms with Crippen LogP contribution >= 0.6 is 11.8 Å². The topological polar surface area (TPSA) is 58.6 Å². The van der Waals surface area contributed by atoms with Crippen LogP contribution in [-0.4, -0.2) is 18.4 Å². The fraction of sp³-hybridized carbons (Fsp3) is 0.120. The summed E-state index contributed by atoms with van der Waals surface area (Å²) in [5.74, 6) is -0.997. The maximum absolute atomic E-state index is 13.4. The maximum atomic E-state index is 13.4. The van der Waals surface area contributed by atoms with E-state index in [0.29, 0.717) is 22.9 Å². The van der Waals surface area contributed by atoms with E-state index in [1.807, 2.05) is 13.0 Å². The van der Waals surface area contributed by atoms with Crippen molar-refractivity contribution in [3.63, 3.8) is 0 Å². The van der Waals surface area contributed by atoms with E-state index in [0.717, 1.165) is 28.8 Å². The van der Waals surface area contributed by atoms with Crippen LogP contribution in [0.5, 0.6) is 5.75 Å². The van der Waals surface area contributed by atoms with Crippen LogP contribution in [0.1, 0.15) is 12.5 Å². The summed E-state index contributed by atoms with van der Waals surface area (Å²) < 4.78 is 45.4. The van der Waals surface area contributed by atoms with Crippen molar-refractivity contribution in [3.05, 3.63) is 95.0 Å². The molecule has 0 aliphatic carbocycles. The summed E-state index contributed by atoms with van der Waals surface area (Å²) in [4.78, 5) is 28.3.